The zero-order valence-corrected chi connectivity index (χ0v) is 14.2. The molecule has 1 aliphatic rings. The van der Waals surface area contributed by atoms with Crippen LogP contribution in [0.25, 0.3) is 0 Å². The maximum atomic E-state index is 12.2. The quantitative estimate of drug-likeness (QED) is 0.886. The first kappa shape index (κ1) is 15.9. The molecule has 0 aromatic carbocycles. The third-order valence-corrected chi connectivity index (χ3v) is 4.49. The summed E-state index contributed by atoms with van der Waals surface area (Å²) in [5.74, 6) is -0.253. The van der Waals surface area contributed by atoms with Gasteiger partial charge in [-0.25, -0.2) is 0 Å². The largest absolute Gasteiger partial charge is 0.444 e. The van der Waals surface area contributed by atoms with Crippen LogP contribution >= 0.6 is 15.9 Å². The molecular formula is C16H18BrN3O3. The van der Waals surface area contributed by atoms with Gasteiger partial charge in [-0.15, -0.1) is 0 Å². The first-order valence-electron chi connectivity index (χ1n) is 7.57. The van der Waals surface area contributed by atoms with Gasteiger partial charge in [-0.05, 0) is 53.0 Å². The lowest BCUT2D eigenvalue weighted by molar-refractivity contribution is -0.131. The second kappa shape index (κ2) is 7.04. The zero-order valence-electron chi connectivity index (χ0n) is 12.6. The van der Waals surface area contributed by atoms with E-state index in [0.717, 1.165) is 12.8 Å². The van der Waals surface area contributed by atoms with Crippen molar-refractivity contribution in [2.75, 3.05) is 19.6 Å². The molecule has 0 bridgehead atoms. The fraction of sp³-hybridized carbons (Fsp3) is 0.375. The number of halogens is 1. The third-order valence-electron chi connectivity index (χ3n) is 4.06. The minimum absolute atomic E-state index is 0.00859. The van der Waals surface area contributed by atoms with Crippen molar-refractivity contribution < 1.29 is 14.0 Å². The van der Waals surface area contributed by atoms with Gasteiger partial charge >= 0.3 is 0 Å². The Bertz CT molecular complexity index is 673. The highest BCUT2D eigenvalue weighted by molar-refractivity contribution is 9.10. The molecule has 0 radical (unpaired) electrons. The number of piperidine rings is 1. The van der Waals surface area contributed by atoms with Gasteiger partial charge in [0, 0.05) is 31.5 Å². The monoisotopic (exact) mass is 379 g/mol. The molecule has 2 aromatic heterocycles. The second-order valence-corrected chi connectivity index (χ2v) is 6.31. The number of amides is 2. The number of carbonyl (C=O) groups is 2. The first-order valence-corrected chi connectivity index (χ1v) is 8.36. The molecule has 23 heavy (non-hydrogen) atoms. The normalized spacial score (nSPS) is 15.6. The van der Waals surface area contributed by atoms with Gasteiger partial charge < -0.3 is 19.2 Å². The van der Waals surface area contributed by atoms with Crippen molar-refractivity contribution >= 4 is 27.7 Å². The summed E-state index contributed by atoms with van der Waals surface area (Å²) in [7, 11) is 0. The Morgan fingerprint density at radius 1 is 1.22 bits per heavy atom. The topological polar surface area (TPSA) is 67.5 Å². The number of nitrogens with one attached hydrogen (secondary N) is 1. The maximum Gasteiger partial charge on any atom is 0.287 e. The Labute approximate surface area is 142 Å². The molecule has 0 aliphatic carbocycles. The van der Waals surface area contributed by atoms with Crippen LogP contribution in [0.2, 0.25) is 0 Å². The zero-order chi connectivity index (χ0) is 16.2. The molecule has 0 atom stereocenters. The van der Waals surface area contributed by atoms with Gasteiger partial charge in [0.1, 0.15) is 0 Å². The minimum Gasteiger partial charge on any atom is -0.444 e. The highest BCUT2D eigenvalue weighted by Crippen LogP contribution is 2.22. The van der Waals surface area contributed by atoms with Crippen molar-refractivity contribution in [2.45, 2.75) is 18.9 Å². The number of hydrogen-bond donors (Lipinski definition) is 1. The first-order chi connectivity index (χ1) is 11.1. The summed E-state index contributed by atoms with van der Waals surface area (Å²) in [5, 5.41) is 2.60. The van der Waals surface area contributed by atoms with Crippen LogP contribution in [0.4, 0.5) is 0 Å². The van der Waals surface area contributed by atoms with Crippen LogP contribution in [0, 0.1) is 0 Å². The highest BCUT2D eigenvalue weighted by Gasteiger charge is 2.23. The molecule has 0 unspecified atom stereocenters. The van der Waals surface area contributed by atoms with E-state index in [9.17, 15) is 9.59 Å². The van der Waals surface area contributed by atoms with Crippen LogP contribution in [0.15, 0.2) is 45.7 Å². The van der Waals surface area contributed by atoms with Gasteiger partial charge in [-0.1, -0.05) is 0 Å². The van der Waals surface area contributed by atoms with E-state index in [1.54, 1.807) is 17.0 Å². The van der Waals surface area contributed by atoms with Gasteiger partial charge in [0.05, 0.1) is 6.54 Å². The molecule has 7 heteroatoms. The van der Waals surface area contributed by atoms with E-state index in [-0.39, 0.29) is 24.1 Å². The molecule has 3 rings (SSSR count). The van der Waals surface area contributed by atoms with Gasteiger partial charge in [0.2, 0.25) is 5.91 Å². The average Bonchev–Trinajstić information content (AvgIpc) is 3.24. The lowest BCUT2D eigenvalue weighted by Crippen LogP contribution is -2.44. The van der Waals surface area contributed by atoms with Crippen LogP contribution in [0.3, 0.4) is 0 Å². The van der Waals surface area contributed by atoms with Gasteiger partial charge in [-0.2, -0.15) is 0 Å². The van der Waals surface area contributed by atoms with Crippen LogP contribution < -0.4 is 5.32 Å². The van der Waals surface area contributed by atoms with E-state index in [0.29, 0.717) is 23.8 Å². The molecule has 0 saturated carbocycles. The summed E-state index contributed by atoms with van der Waals surface area (Å²) in [6.45, 7) is 1.42. The summed E-state index contributed by atoms with van der Waals surface area (Å²) in [6, 6.07) is 7.68. The molecule has 3 heterocycles. The number of hydrogen-bond acceptors (Lipinski definition) is 3. The van der Waals surface area contributed by atoms with Crippen LogP contribution in [0.1, 0.15) is 29.4 Å². The number of furan rings is 1. The van der Waals surface area contributed by atoms with Crippen molar-refractivity contribution in [3.63, 3.8) is 0 Å². The van der Waals surface area contributed by atoms with E-state index in [2.05, 4.69) is 38.2 Å². The van der Waals surface area contributed by atoms with Gasteiger partial charge in [0.15, 0.2) is 10.4 Å². The Morgan fingerprint density at radius 3 is 2.52 bits per heavy atom. The van der Waals surface area contributed by atoms with Crippen LogP contribution in [-0.2, 0) is 4.79 Å². The molecule has 1 aliphatic heterocycles. The molecule has 1 N–H and O–H groups in total. The van der Waals surface area contributed by atoms with Crippen molar-refractivity contribution in [3.05, 3.63) is 47.1 Å². The van der Waals surface area contributed by atoms with Gasteiger partial charge in [0.25, 0.3) is 5.91 Å². The molecule has 2 amide bonds. The van der Waals surface area contributed by atoms with E-state index >= 15 is 0 Å². The smallest absolute Gasteiger partial charge is 0.287 e. The molecule has 122 valence electrons. The predicted octanol–water partition coefficient (Wildman–Crippen LogP) is 2.44. The van der Waals surface area contributed by atoms with Gasteiger partial charge in [-0.3, -0.25) is 9.59 Å². The maximum absolute atomic E-state index is 12.2. The summed E-state index contributed by atoms with van der Waals surface area (Å²) in [5.41, 5.74) is 0. The van der Waals surface area contributed by atoms with Crippen LogP contribution in [0.5, 0.6) is 0 Å². The average molecular weight is 380 g/mol. The Balaban J connectivity index is 1.45. The highest BCUT2D eigenvalue weighted by atomic mass is 79.9. The number of aromatic nitrogens is 1. The lowest BCUT2D eigenvalue weighted by Gasteiger charge is -2.32. The number of nitrogens with zero attached hydrogens (tertiary/aromatic N) is 2. The predicted molar refractivity (Wildman–Crippen MR) is 88.0 cm³/mol. The van der Waals surface area contributed by atoms with E-state index < -0.39 is 0 Å². The van der Waals surface area contributed by atoms with Crippen molar-refractivity contribution in [1.82, 2.24) is 14.8 Å². The molecular weight excluding hydrogens is 362 g/mol. The van der Waals surface area contributed by atoms with Crippen molar-refractivity contribution in [2.24, 2.45) is 0 Å². The fourth-order valence-corrected chi connectivity index (χ4v) is 3.10. The number of carbonyl (C=O) groups excluding carboxylic acids is 2. The fourth-order valence-electron chi connectivity index (χ4n) is 2.80. The summed E-state index contributed by atoms with van der Waals surface area (Å²) >= 11 is 3.14. The van der Waals surface area contributed by atoms with Crippen molar-refractivity contribution in [3.8, 4) is 0 Å². The Hall–Kier alpha value is -2.02. The number of likely N-dealkylation sites (tertiary alicyclic amines) is 1. The standard InChI is InChI=1S/C16H18BrN3O3/c17-14-4-3-13(23-14)16(22)18-11-15(21)20-9-5-12(6-10-20)19-7-1-2-8-19/h1-4,7-8,12H,5-6,9-11H2,(H,18,22). The van der Waals surface area contributed by atoms with Crippen molar-refractivity contribution in [1.29, 1.82) is 0 Å². The van der Waals surface area contributed by atoms with E-state index in [4.69, 9.17) is 4.42 Å². The molecule has 1 fully saturated rings. The Morgan fingerprint density at radius 2 is 1.91 bits per heavy atom. The SMILES string of the molecule is O=C(NCC(=O)N1CCC(n2cccc2)CC1)c1ccc(Br)o1. The minimum atomic E-state index is -0.383. The molecule has 0 spiro atoms. The van der Waals surface area contributed by atoms with Crippen LogP contribution in [-0.4, -0.2) is 40.9 Å². The number of rotatable bonds is 4. The summed E-state index contributed by atoms with van der Waals surface area (Å²) < 4.78 is 7.84. The molecule has 2 aromatic rings. The molecule has 1 saturated heterocycles. The molecule has 6 nitrogen and oxygen atoms in total. The summed E-state index contributed by atoms with van der Waals surface area (Å²) in [6.07, 6.45) is 5.98. The second-order valence-electron chi connectivity index (χ2n) is 5.53. The van der Waals surface area contributed by atoms with E-state index in [1.807, 2.05) is 12.1 Å². The Kier molecular flexibility index (Phi) is 4.85. The lowest BCUT2D eigenvalue weighted by atomic mass is 10.0. The third kappa shape index (κ3) is 3.85. The van der Waals surface area contributed by atoms with E-state index in [1.165, 1.54) is 0 Å². The summed E-state index contributed by atoms with van der Waals surface area (Å²) in [4.78, 5) is 25.9.